The fraction of sp³-hybridized carbons (Fsp3) is 0.889. The van der Waals surface area contributed by atoms with Crippen LogP contribution in [0.1, 0.15) is 40.5 Å². The average molecular weight is 630 g/mol. The van der Waals surface area contributed by atoms with E-state index in [1.165, 1.54) is 3.11 Å². The van der Waals surface area contributed by atoms with Crippen molar-refractivity contribution < 1.29 is 28.2 Å². The van der Waals surface area contributed by atoms with Gasteiger partial charge in [0.05, 0.1) is 65.0 Å². The Morgan fingerprint density at radius 3 is 2.18 bits per heavy atom. The number of ether oxygens (including phenoxy) is 3. The first-order valence-corrected chi connectivity index (χ1v) is 11.4. The van der Waals surface area contributed by atoms with Gasteiger partial charge in [-0.2, -0.15) is 0 Å². The Labute approximate surface area is 196 Å². The molecule has 7 nitrogen and oxygen atoms in total. The summed E-state index contributed by atoms with van der Waals surface area (Å²) in [4.78, 5) is 23.4. The Morgan fingerprint density at radius 1 is 0.964 bits per heavy atom. The molecule has 0 fully saturated rings. The SMILES string of the molecule is CC(C)OCC(=O)N(I)CCCOCCCOCC(F)CN(I)C(=O)C(C)C. The van der Waals surface area contributed by atoms with Crippen LogP contribution in [-0.4, -0.2) is 76.4 Å². The first-order chi connectivity index (χ1) is 13.1. The Bertz CT molecular complexity index is 444. The van der Waals surface area contributed by atoms with Gasteiger partial charge in [-0.1, -0.05) is 13.8 Å². The highest BCUT2D eigenvalue weighted by atomic mass is 127. The molecular formula is C18H33FI2N2O5. The number of carbonyl (C=O) groups is 2. The molecule has 0 saturated carbocycles. The third kappa shape index (κ3) is 15.1. The van der Waals surface area contributed by atoms with Crippen molar-refractivity contribution >= 4 is 57.5 Å². The smallest absolute Gasteiger partial charge is 0.257 e. The van der Waals surface area contributed by atoms with E-state index in [1.54, 1.807) is 17.0 Å². The molecule has 0 aliphatic rings. The summed E-state index contributed by atoms with van der Waals surface area (Å²) in [6.45, 7) is 9.52. The zero-order valence-electron chi connectivity index (χ0n) is 17.2. The molecule has 1 atom stereocenters. The molecule has 0 aromatic rings. The molecule has 166 valence electrons. The lowest BCUT2D eigenvalue weighted by Gasteiger charge is -2.19. The Kier molecular flexibility index (Phi) is 17.1. The zero-order valence-corrected chi connectivity index (χ0v) is 21.5. The van der Waals surface area contributed by atoms with Gasteiger partial charge in [-0.15, -0.1) is 0 Å². The third-order valence-corrected chi connectivity index (χ3v) is 5.31. The number of carbonyl (C=O) groups excluding carboxylic acids is 2. The number of amides is 2. The van der Waals surface area contributed by atoms with Crippen molar-refractivity contribution in [1.82, 2.24) is 6.23 Å². The summed E-state index contributed by atoms with van der Waals surface area (Å²) < 4.78 is 32.8. The third-order valence-electron chi connectivity index (χ3n) is 3.42. The van der Waals surface area contributed by atoms with Crippen LogP contribution in [0.25, 0.3) is 0 Å². The van der Waals surface area contributed by atoms with Gasteiger partial charge in [0.2, 0.25) is 5.91 Å². The van der Waals surface area contributed by atoms with Gasteiger partial charge in [0.1, 0.15) is 12.8 Å². The fourth-order valence-electron chi connectivity index (χ4n) is 1.91. The maximum atomic E-state index is 13.8. The van der Waals surface area contributed by atoms with Crippen LogP contribution in [0.5, 0.6) is 0 Å². The van der Waals surface area contributed by atoms with Gasteiger partial charge < -0.3 is 14.2 Å². The second-order valence-corrected chi connectivity index (χ2v) is 9.20. The summed E-state index contributed by atoms with van der Waals surface area (Å²) in [7, 11) is 0. The highest BCUT2D eigenvalue weighted by Gasteiger charge is 2.19. The number of alkyl halides is 1. The van der Waals surface area contributed by atoms with Gasteiger partial charge in [-0.3, -0.25) is 15.8 Å². The molecule has 2 amide bonds. The van der Waals surface area contributed by atoms with Crippen LogP contribution in [0.2, 0.25) is 0 Å². The minimum Gasteiger partial charge on any atom is -0.381 e. The molecule has 0 spiro atoms. The van der Waals surface area contributed by atoms with E-state index in [0.717, 1.165) is 6.42 Å². The van der Waals surface area contributed by atoms with Crippen LogP contribution >= 0.6 is 45.7 Å². The molecule has 0 saturated heterocycles. The van der Waals surface area contributed by atoms with E-state index in [-0.39, 0.29) is 43.6 Å². The van der Waals surface area contributed by atoms with Gasteiger partial charge >= 0.3 is 0 Å². The maximum Gasteiger partial charge on any atom is 0.257 e. The van der Waals surface area contributed by atoms with Gasteiger partial charge in [0, 0.05) is 32.3 Å². The van der Waals surface area contributed by atoms with Crippen LogP contribution < -0.4 is 0 Å². The molecule has 0 rings (SSSR count). The Hall–Kier alpha value is 0.210. The molecular weight excluding hydrogens is 597 g/mol. The van der Waals surface area contributed by atoms with Gasteiger partial charge in [-0.25, -0.2) is 4.39 Å². The summed E-state index contributed by atoms with van der Waals surface area (Å²) >= 11 is 3.82. The molecule has 0 bridgehead atoms. The average Bonchev–Trinajstić information content (AvgIpc) is 2.63. The Balaban J connectivity index is 3.57. The lowest BCUT2D eigenvalue weighted by atomic mass is 10.2. The predicted octanol–water partition coefficient (Wildman–Crippen LogP) is 3.58. The van der Waals surface area contributed by atoms with Crippen molar-refractivity contribution in [2.75, 3.05) is 46.1 Å². The highest BCUT2D eigenvalue weighted by Crippen LogP contribution is 2.10. The van der Waals surface area contributed by atoms with E-state index in [1.807, 2.05) is 59.6 Å². The van der Waals surface area contributed by atoms with Crippen LogP contribution in [0.15, 0.2) is 0 Å². The molecule has 0 aliphatic heterocycles. The normalized spacial score (nSPS) is 12.5. The largest absolute Gasteiger partial charge is 0.381 e. The monoisotopic (exact) mass is 630 g/mol. The first kappa shape index (κ1) is 28.2. The number of hydrogen-bond donors (Lipinski definition) is 0. The van der Waals surface area contributed by atoms with Crippen molar-refractivity contribution in [3.63, 3.8) is 0 Å². The number of halogens is 3. The van der Waals surface area contributed by atoms with E-state index in [2.05, 4.69) is 0 Å². The first-order valence-electron chi connectivity index (χ1n) is 9.49. The molecule has 0 N–H and O–H groups in total. The van der Waals surface area contributed by atoms with E-state index >= 15 is 0 Å². The predicted molar refractivity (Wildman–Crippen MR) is 123 cm³/mol. The summed E-state index contributed by atoms with van der Waals surface area (Å²) in [5, 5.41) is 0. The molecule has 0 heterocycles. The lowest BCUT2D eigenvalue weighted by molar-refractivity contribution is -0.131. The van der Waals surface area contributed by atoms with Crippen molar-refractivity contribution in [3.05, 3.63) is 0 Å². The van der Waals surface area contributed by atoms with E-state index in [0.29, 0.717) is 32.8 Å². The molecule has 0 aliphatic carbocycles. The highest BCUT2D eigenvalue weighted by molar-refractivity contribution is 14.1. The van der Waals surface area contributed by atoms with Gasteiger partial charge in [-0.05, 0) is 26.7 Å². The number of rotatable bonds is 16. The van der Waals surface area contributed by atoms with Crippen LogP contribution in [-0.2, 0) is 23.8 Å². The molecule has 1 unspecified atom stereocenters. The maximum absolute atomic E-state index is 13.8. The second-order valence-electron chi connectivity index (χ2n) is 6.87. The summed E-state index contributed by atoms with van der Waals surface area (Å²) in [6, 6.07) is 0. The van der Waals surface area contributed by atoms with Crippen molar-refractivity contribution in [1.29, 1.82) is 0 Å². The van der Waals surface area contributed by atoms with E-state index in [9.17, 15) is 14.0 Å². The topological polar surface area (TPSA) is 68.3 Å². The van der Waals surface area contributed by atoms with Crippen LogP contribution in [0, 0.1) is 5.92 Å². The molecule has 0 radical (unpaired) electrons. The summed E-state index contributed by atoms with van der Waals surface area (Å²) in [6.07, 6.45) is 0.238. The minimum absolute atomic E-state index is 0.0296. The van der Waals surface area contributed by atoms with E-state index < -0.39 is 6.17 Å². The summed E-state index contributed by atoms with van der Waals surface area (Å²) in [5.74, 6) is -0.285. The van der Waals surface area contributed by atoms with Crippen molar-refractivity contribution in [2.45, 2.75) is 52.8 Å². The van der Waals surface area contributed by atoms with Gasteiger partial charge in [0.25, 0.3) is 5.91 Å². The standard InChI is InChI=1S/C18H33FI2N2O5/c1-14(2)18(25)23(21)11-16(19)12-27-10-6-9-26-8-5-7-22(20)17(24)13-28-15(3)4/h14-16H,5-13H2,1-4H3. The van der Waals surface area contributed by atoms with Gasteiger partial charge in [0.15, 0.2) is 0 Å². The van der Waals surface area contributed by atoms with Crippen LogP contribution in [0.4, 0.5) is 4.39 Å². The molecule has 0 aromatic carbocycles. The van der Waals surface area contributed by atoms with Crippen molar-refractivity contribution in [3.8, 4) is 0 Å². The molecule has 28 heavy (non-hydrogen) atoms. The zero-order chi connectivity index (χ0) is 21.5. The fourth-order valence-corrected chi connectivity index (χ4v) is 3.38. The molecule has 10 heteroatoms. The Morgan fingerprint density at radius 2 is 1.57 bits per heavy atom. The molecule has 0 aromatic heterocycles. The van der Waals surface area contributed by atoms with Crippen molar-refractivity contribution in [2.24, 2.45) is 5.92 Å². The minimum atomic E-state index is -1.20. The quantitative estimate of drug-likeness (QED) is 0.148. The van der Waals surface area contributed by atoms with E-state index in [4.69, 9.17) is 14.2 Å². The number of nitrogens with zero attached hydrogens (tertiary/aromatic N) is 2. The number of hydrogen-bond acceptors (Lipinski definition) is 5. The summed E-state index contributed by atoms with van der Waals surface area (Å²) in [5.41, 5.74) is 0. The second kappa shape index (κ2) is 16.9. The lowest BCUT2D eigenvalue weighted by Crippen LogP contribution is -2.32. The van der Waals surface area contributed by atoms with Crippen LogP contribution in [0.3, 0.4) is 0 Å².